The Balaban J connectivity index is 1.66. The zero-order valence-electron chi connectivity index (χ0n) is 15.3. The number of rotatable bonds is 6. The second-order valence-electron chi connectivity index (χ2n) is 6.55. The van der Waals surface area contributed by atoms with E-state index in [0.29, 0.717) is 11.3 Å². The van der Waals surface area contributed by atoms with Gasteiger partial charge in [0, 0.05) is 17.8 Å². The van der Waals surface area contributed by atoms with Gasteiger partial charge in [-0.15, -0.1) is 0 Å². The molecule has 0 unspecified atom stereocenters. The smallest absolute Gasteiger partial charge is 0.339 e. The van der Waals surface area contributed by atoms with Crippen LogP contribution in [0.4, 0.5) is 5.69 Å². The van der Waals surface area contributed by atoms with Gasteiger partial charge in [0.05, 0.1) is 17.2 Å². The molecule has 0 radical (unpaired) electrons. The van der Waals surface area contributed by atoms with Crippen LogP contribution in [0.25, 0.3) is 0 Å². The molecule has 1 aliphatic heterocycles. The number of carbonyl (C=O) groups excluding carboxylic acids is 2. The minimum atomic E-state index is -0.509. The van der Waals surface area contributed by atoms with Crippen molar-refractivity contribution in [1.82, 2.24) is 4.90 Å². The summed E-state index contributed by atoms with van der Waals surface area (Å²) in [6.07, 6.45) is 2.52. The molecule has 1 N–H and O–H groups in total. The molecule has 1 fully saturated rings. The van der Waals surface area contributed by atoms with E-state index in [1.54, 1.807) is 19.1 Å². The quantitative estimate of drug-likeness (QED) is 0.749. The van der Waals surface area contributed by atoms with Crippen molar-refractivity contribution in [2.24, 2.45) is 0 Å². The number of amides is 1. The van der Waals surface area contributed by atoms with Crippen LogP contribution in [0.3, 0.4) is 0 Å². The van der Waals surface area contributed by atoms with E-state index >= 15 is 0 Å². The third kappa shape index (κ3) is 5.08. The number of likely N-dealkylation sites (tertiary alicyclic amines) is 1. The molecule has 0 atom stereocenters. The third-order valence-electron chi connectivity index (χ3n) is 4.54. The molecule has 27 heavy (non-hydrogen) atoms. The number of nitrogens with zero attached hydrogens (tertiary/aromatic N) is 1. The molecule has 0 bridgehead atoms. The first kappa shape index (κ1) is 19.4. The van der Waals surface area contributed by atoms with Crippen LogP contribution in [0.2, 0.25) is 5.02 Å². The van der Waals surface area contributed by atoms with Crippen molar-refractivity contribution in [3.05, 3.63) is 64.2 Å². The van der Waals surface area contributed by atoms with Crippen molar-refractivity contribution in [3.63, 3.8) is 0 Å². The summed E-state index contributed by atoms with van der Waals surface area (Å²) in [5.74, 6) is -0.746. The van der Waals surface area contributed by atoms with Crippen LogP contribution in [0.1, 0.15) is 46.0 Å². The van der Waals surface area contributed by atoms with Crippen LogP contribution < -0.4 is 5.32 Å². The Kier molecular flexibility index (Phi) is 6.48. The van der Waals surface area contributed by atoms with Gasteiger partial charge in [-0.2, -0.15) is 0 Å². The van der Waals surface area contributed by atoms with Gasteiger partial charge in [-0.05, 0) is 68.8 Å². The summed E-state index contributed by atoms with van der Waals surface area (Å²) >= 11 is 6.05. The van der Waals surface area contributed by atoms with Gasteiger partial charge in [0.15, 0.2) is 0 Å². The number of anilines is 1. The molecule has 6 heteroatoms. The van der Waals surface area contributed by atoms with E-state index in [4.69, 9.17) is 16.3 Å². The highest BCUT2D eigenvalue weighted by atomic mass is 35.5. The summed E-state index contributed by atoms with van der Waals surface area (Å²) in [6.45, 7) is 5.19. The van der Waals surface area contributed by atoms with Crippen molar-refractivity contribution in [2.75, 3.05) is 25.0 Å². The van der Waals surface area contributed by atoms with E-state index < -0.39 is 5.97 Å². The second kappa shape index (κ2) is 9.02. The molecule has 1 heterocycles. The standard InChI is InChI=1S/C21H23ClN2O3/c1-2-27-21(26)18-13-17(9-10-19(18)22)23-20(25)16-7-5-15(6-8-16)14-24-11-3-4-12-24/h5-10,13H,2-4,11-12,14H2,1H3,(H,23,25). The number of nitrogens with one attached hydrogen (secondary N) is 1. The summed E-state index contributed by atoms with van der Waals surface area (Å²) in [5.41, 5.74) is 2.49. The maximum Gasteiger partial charge on any atom is 0.339 e. The fourth-order valence-corrected chi connectivity index (χ4v) is 3.33. The average molecular weight is 387 g/mol. The Hall–Kier alpha value is -2.37. The van der Waals surface area contributed by atoms with Crippen LogP contribution in [0, 0.1) is 0 Å². The second-order valence-corrected chi connectivity index (χ2v) is 6.96. The lowest BCUT2D eigenvalue weighted by Gasteiger charge is -2.14. The minimum absolute atomic E-state index is 0.234. The van der Waals surface area contributed by atoms with E-state index in [0.717, 1.165) is 19.6 Å². The number of ether oxygens (including phenoxy) is 1. The first-order chi connectivity index (χ1) is 13.1. The largest absolute Gasteiger partial charge is 0.462 e. The Morgan fingerprint density at radius 1 is 1.11 bits per heavy atom. The molecular formula is C21H23ClN2O3. The Morgan fingerprint density at radius 3 is 2.48 bits per heavy atom. The predicted octanol–water partition coefficient (Wildman–Crippen LogP) is 4.36. The summed E-state index contributed by atoms with van der Waals surface area (Å²) in [7, 11) is 0. The lowest BCUT2D eigenvalue weighted by atomic mass is 10.1. The lowest BCUT2D eigenvalue weighted by Crippen LogP contribution is -2.18. The number of hydrogen-bond donors (Lipinski definition) is 1. The Morgan fingerprint density at radius 2 is 1.81 bits per heavy atom. The zero-order chi connectivity index (χ0) is 19.2. The van der Waals surface area contributed by atoms with Gasteiger partial charge in [0.2, 0.25) is 0 Å². The molecule has 1 saturated heterocycles. The molecular weight excluding hydrogens is 364 g/mol. The van der Waals surface area contributed by atoms with Crippen LogP contribution in [0.15, 0.2) is 42.5 Å². The van der Waals surface area contributed by atoms with Crippen molar-refractivity contribution >= 4 is 29.2 Å². The highest BCUT2D eigenvalue weighted by Crippen LogP contribution is 2.22. The summed E-state index contributed by atoms with van der Waals surface area (Å²) < 4.78 is 4.98. The number of carbonyl (C=O) groups is 2. The van der Waals surface area contributed by atoms with E-state index in [9.17, 15) is 9.59 Å². The molecule has 2 aromatic rings. The van der Waals surface area contributed by atoms with Crippen molar-refractivity contribution in [1.29, 1.82) is 0 Å². The number of halogens is 1. The maximum absolute atomic E-state index is 12.5. The molecule has 0 spiro atoms. The molecule has 142 valence electrons. The fourth-order valence-electron chi connectivity index (χ4n) is 3.13. The van der Waals surface area contributed by atoms with Crippen LogP contribution in [0.5, 0.6) is 0 Å². The van der Waals surface area contributed by atoms with Gasteiger partial charge >= 0.3 is 5.97 Å². The van der Waals surface area contributed by atoms with Crippen LogP contribution in [-0.4, -0.2) is 36.5 Å². The SMILES string of the molecule is CCOC(=O)c1cc(NC(=O)c2ccc(CN3CCCC3)cc2)ccc1Cl. The van der Waals surface area contributed by atoms with E-state index in [-0.39, 0.29) is 23.1 Å². The van der Waals surface area contributed by atoms with Gasteiger partial charge in [-0.1, -0.05) is 23.7 Å². The molecule has 2 aromatic carbocycles. The van der Waals surface area contributed by atoms with Gasteiger partial charge in [0.1, 0.15) is 0 Å². The number of benzene rings is 2. The normalized spacial score (nSPS) is 14.1. The van der Waals surface area contributed by atoms with E-state index in [2.05, 4.69) is 10.2 Å². The molecule has 3 rings (SSSR count). The number of esters is 1. The maximum atomic E-state index is 12.5. The Labute approximate surface area is 164 Å². The summed E-state index contributed by atoms with van der Waals surface area (Å²) in [6, 6.07) is 12.4. The van der Waals surface area contributed by atoms with Crippen molar-refractivity contribution < 1.29 is 14.3 Å². The first-order valence-electron chi connectivity index (χ1n) is 9.16. The van der Waals surface area contributed by atoms with E-state index in [1.807, 2.05) is 24.3 Å². The van der Waals surface area contributed by atoms with Crippen LogP contribution in [-0.2, 0) is 11.3 Å². The van der Waals surface area contributed by atoms with Gasteiger partial charge < -0.3 is 10.1 Å². The number of hydrogen-bond acceptors (Lipinski definition) is 4. The lowest BCUT2D eigenvalue weighted by molar-refractivity contribution is 0.0526. The molecule has 1 amide bonds. The molecule has 1 aliphatic rings. The predicted molar refractivity (Wildman–Crippen MR) is 106 cm³/mol. The summed E-state index contributed by atoms with van der Waals surface area (Å²) in [4.78, 5) is 26.8. The third-order valence-corrected chi connectivity index (χ3v) is 4.87. The minimum Gasteiger partial charge on any atom is -0.462 e. The molecule has 5 nitrogen and oxygen atoms in total. The fraction of sp³-hybridized carbons (Fsp3) is 0.333. The average Bonchev–Trinajstić information content (AvgIpc) is 3.17. The first-order valence-corrected chi connectivity index (χ1v) is 9.54. The topological polar surface area (TPSA) is 58.6 Å². The van der Waals surface area contributed by atoms with Gasteiger partial charge in [-0.3, -0.25) is 9.69 Å². The van der Waals surface area contributed by atoms with Crippen molar-refractivity contribution in [2.45, 2.75) is 26.3 Å². The molecule has 0 aliphatic carbocycles. The van der Waals surface area contributed by atoms with Crippen LogP contribution >= 0.6 is 11.6 Å². The monoisotopic (exact) mass is 386 g/mol. The summed E-state index contributed by atoms with van der Waals surface area (Å²) in [5, 5.41) is 3.09. The highest BCUT2D eigenvalue weighted by molar-refractivity contribution is 6.33. The zero-order valence-corrected chi connectivity index (χ0v) is 16.1. The molecule has 0 aromatic heterocycles. The Bertz CT molecular complexity index is 815. The van der Waals surface area contributed by atoms with Crippen molar-refractivity contribution in [3.8, 4) is 0 Å². The van der Waals surface area contributed by atoms with E-state index in [1.165, 1.54) is 24.5 Å². The highest BCUT2D eigenvalue weighted by Gasteiger charge is 2.15. The molecule has 0 saturated carbocycles. The van der Waals surface area contributed by atoms with Gasteiger partial charge in [0.25, 0.3) is 5.91 Å². The van der Waals surface area contributed by atoms with Gasteiger partial charge in [-0.25, -0.2) is 4.79 Å².